The molecule has 0 radical (unpaired) electrons. The normalized spacial score (nSPS) is 16.9. The lowest BCUT2D eigenvalue weighted by Gasteiger charge is -2.25. The van der Waals surface area contributed by atoms with E-state index in [0.717, 1.165) is 11.6 Å². The van der Waals surface area contributed by atoms with Crippen molar-refractivity contribution in [3.8, 4) is 0 Å². The third kappa shape index (κ3) is 4.70. The first-order chi connectivity index (χ1) is 15.2. The molecule has 1 aliphatic rings. The number of benzene rings is 3. The minimum Gasteiger partial charge on any atom is -0.267 e. The van der Waals surface area contributed by atoms with Gasteiger partial charge in [-0.25, -0.2) is 21.6 Å². The third-order valence-electron chi connectivity index (χ3n) is 5.44. The molecule has 0 amide bonds. The van der Waals surface area contributed by atoms with Crippen LogP contribution < -0.4 is 4.72 Å². The van der Waals surface area contributed by atoms with Gasteiger partial charge in [0.05, 0.1) is 11.4 Å². The molecule has 4 nitrogen and oxygen atoms in total. The van der Waals surface area contributed by atoms with Crippen LogP contribution in [0.3, 0.4) is 0 Å². The molecule has 0 saturated carbocycles. The Hall–Kier alpha value is -3.13. The van der Waals surface area contributed by atoms with Gasteiger partial charge < -0.3 is 0 Å². The van der Waals surface area contributed by atoms with Gasteiger partial charge in [-0.15, -0.1) is 0 Å². The summed E-state index contributed by atoms with van der Waals surface area (Å²) < 4.78 is 69.6. The molecule has 0 aliphatic carbocycles. The van der Waals surface area contributed by atoms with Gasteiger partial charge in [-0.1, -0.05) is 31.2 Å². The summed E-state index contributed by atoms with van der Waals surface area (Å²) in [6.07, 6.45) is 0.516. The van der Waals surface area contributed by atoms with Gasteiger partial charge in [0, 0.05) is 6.42 Å². The maximum absolute atomic E-state index is 14.9. The number of aliphatic imine (C=N–C) groups is 1. The van der Waals surface area contributed by atoms with Crippen molar-refractivity contribution >= 4 is 15.9 Å². The van der Waals surface area contributed by atoms with Gasteiger partial charge in [-0.05, 0) is 71.0 Å². The van der Waals surface area contributed by atoms with E-state index in [1.807, 2.05) is 0 Å². The third-order valence-corrected chi connectivity index (χ3v) is 6.90. The zero-order chi connectivity index (χ0) is 22.9. The molecule has 1 N–H and O–H groups in total. The van der Waals surface area contributed by atoms with Crippen LogP contribution in [-0.2, 0) is 29.4 Å². The van der Waals surface area contributed by atoms with E-state index >= 15 is 0 Å². The largest absolute Gasteiger partial charge is 0.267 e. The quantitative estimate of drug-likeness (QED) is 0.592. The highest BCUT2D eigenvalue weighted by Crippen LogP contribution is 2.33. The number of rotatable bonds is 5. The lowest BCUT2D eigenvalue weighted by atomic mass is 9.88. The highest BCUT2D eigenvalue weighted by Gasteiger charge is 2.31. The van der Waals surface area contributed by atoms with Crippen molar-refractivity contribution < 1.29 is 21.6 Å². The van der Waals surface area contributed by atoms with Crippen molar-refractivity contribution in [3.63, 3.8) is 0 Å². The van der Waals surface area contributed by atoms with Crippen LogP contribution in [0.25, 0.3) is 0 Å². The van der Waals surface area contributed by atoms with Crippen molar-refractivity contribution in [2.75, 3.05) is 0 Å². The molecule has 0 aromatic heterocycles. The molecule has 8 heteroatoms. The topological polar surface area (TPSA) is 58.5 Å². The summed E-state index contributed by atoms with van der Waals surface area (Å²) in [5.74, 6) is -1.45. The summed E-state index contributed by atoms with van der Waals surface area (Å²) in [4.78, 5) is 4.33. The lowest BCUT2D eigenvalue weighted by Crippen LogP contribution is -2.38. The summed E-state index contributed by atoms with van der Waals surface area (Å²) >= 11 is 0. The molecular weight excluding hydrogens is 437 g/mol. The van der Waals surface area contributed by atoms with Gasteiger partial charge >= 0.3 is 0 Å². The minimum atomic E-state index is -3.93. The summed E-state index contributed by atoms with van der Waals surface area (Å²) in [5.41, 5.74) is 2.06. The smallest absolute Gasteiger partial charge is 0.263 e. The maximum Gasteiger partial charge on any atom is 0.263 e. The van der Waals surface area contributed by atoms with Crippen molar-refractivity contribution in [1.29, 1.82) is 0 Å². The van der Waals surface area contributed by atoms with Crippen LogP contribution in [0.5, 0.6) is 0 Å². The van der Waals surface area contributed by atoms with Gasteiger partial charge in [0.25, 0.3) is 10.0 Å². The summed E-state index contributed by atoms with van der Waals surface area (Å²) in [6.45, 7) is 1.89. The molecule has 3 aromatic rings. The number of nitrogens with zero attached hydrogens (tertiary/aromatic N) is 1. The fraction of sp³-hybridized carbons (Fsp3) is 0.208. The van der Waals surface area contributed by atoms with Gasteiger partial charge in [0.1, 0.15) is 23.3 Å². The van der Waals surface area contributed by atoms with Gasteiger partial charge in [0.15, 0.2) is 0 Å². The molecule has 1 heterocycles. The SMILES string of the molecule is C[C@H](Cc1ccc(F)cc1)c1c(F)ccc2c1CC(=NCc1cccc(F)c1)NS2(=O)=O. The molecule has 0 spiro atoms. The average molecular weight is 459 g/mol. The molecule has 4 rings (SSSR count). The predicted octanol–water partition coefficient (Wildman–Crippen LogP) is 4.88. The molecule has 0 unspecified atom stereocenters. The molecule has 1 aliphatic heterocycles. The highest BCUT2D eigenvalue weighted by atomic mass is 32.2. The Bertz CT molecular complexity index is 1290. The van der Waals surface area contributed by atoms with E-state index in [1.165, 1.54) is 30.3 Å². The first-order valence-electron chi connectivity index (χ1n) is 10.1. The second-order valence-electron chi connectivity index (χ2n) is 7.84. The van der Waals surface area contributed by atoms with E-state index in [-0.39, 0.29) is 35.4 Å². The van der Waals surface area contributed by atoms with Crippen molar-refractivity contribution in [2.45, 2.75) is 37.1 Å². The van der Waals surface area contributed by atoms with Crippen LogP contribution in [0.2, 0.25) is 0 Å². The summed E-state index contributed by atoms with van der Waals surface area (Å²) in [6, 6.07) is 14.2. The molecule has 3 aromatic carbocycles. The summed E-state index contributed by atoms with van der Waals surface area (Å²) in [7, 11) is -3.93. The number of hydrogen-bond donors (Lipinski definition) is 1. The number of fused-ring (bicyclic) bond motifs is 1. The predicted molar refractivity (Wildman–Crippen MR) is 116 cm³/mol. The van der Waals surface area contributed by atoms with Crippen molar-refractivity contribution in [2.24, 2.45) is 4.99 Å². The zero-order valence-electron chi connectivity index (χ0n) is 17.3. The highest BCUT2D eigenvalue weighted by molar-refractivity contribution is 7.90. The van der Waals surface area contributed by atoms with Crippen LogP contribution >= 0.6 is 0 Å². The Morgan fingerprint density at radius 1 is 0.969 bits per heavy atom. The molecule has 32 heavy (non-hydrogen) atoms. The Balaban J connectivity index is 1.68. The van der Waals surface area contributed by atoms with Crippen LogP contribution in [0.4, 0.5) is 13.2 Å². The zero-order valence-corrected chi connectivity index (χ0v) is 18.1. The van der Waals surface area contributed by atoms with E-state index in [9.17, 15) is 21.6 Å². The Morgan fingerprint density at radius 3 is 2.44 bits per heavy atom. The number of sulfonamides is 1. The standard InChI is InChI=1S/C24H21F3N2O2S/c1-15(11-16-5-7-18(25)8-6-16)24-20-13-23(28-14-17-3-2-4-19(26)12-17)29-32(30,31)22(20)10-9-21(24)27/h2-10,12,15H,11,13-14H2,1H3,(H,28,29)/t15-/m1/s1. The van der Waals surface area contributed by atoms with E-state index in [1.54, 1.807) is 31.2 Å². The molecular formula is C24H21F3N2O2S. The number of halogens is 3. The summed E-state index contributed by atoms with van der Waals surface area (Å²) in [5, 5.41) is 0. The monoisotopic (exact) mass is 458 g/mol. The fourth-order valence-corrected chi connectivity index (χ4v) is 5.29. The second kappa shape index (κ2) is 8.78. The van der Waals surface area contributed by atoms with Crippen LogP contribution in [0.1, 0.15) is 35.1 Å². The number of amidine groups is 1. The fourth-order valence-electron chi connectivity index (χ4n) is 3.98. The van der Waals surface area contributed by atoms with Crippen LogP contribution in [0, 0.1) is 17.5 Å². The molecule has 0 saturated heterocycles. The Labute approximate surface area is 184 Å². The van der Waals surface area contributed by atoms with E-state index in [4.69, 9.17) is 0 Å². The maximum atomic E-state index is 14.9. The molecule has 166 valence electrons. The number of hydrogen-bond acceptors (Lipinski definition) is 3. The van der Waals surface area contributed by atoms with Gasteiger partial charge in [-0.2, -0.15) is 0 Å². The Morgan fingerprint density at radius 2 is 1.72 bits per heavy atom. The lowest BCUT2D eigenvalue weighted by molar-refractivity contribution is 0.571. The number of nitrogens with one attached hydrogen (secondary N) is 1. The average Bonchev–Trinajstić information content (AvgIpc) is 2.73. The van der Waals surface area contributed by atoms with Crippen molar-refractivity contribution in [3.05, 3.63) is 100 Å². The van der Waals surface area contributed by atoms with Crippen molar-refractivity contribution in [1.82, 2.24) is 4.72 Å². The second-order valence-corrected chi connectivity index (χ2v) is 9.50. The minimum absolute atomic E-state index is 0.0181. The first kappa shape index (κ1) is 22.1. The van der Waals surface area contributed by atoms with Gasteiger partial charge in [-0.3, -0.25) is 9.71 Å². The molecule has 0 bridgehead atoms. The molecule has 0 fully saturated rings. The van der Waals surface area contributed by atoms with E-state index < -0.39 is 21.7 Å². The van der Waals surface area contributed by atoms with E-state index in [2.05, 4.69) is 9.71 Å². The van der Waals surface area contributed by atoms with Crippen LogP contribution in [0.15, 0.2) is 70.6 Å². The Kier molecular flexibility index (Phi) is 6.06. The molecule has 1 atom stereocenters. The van der Waals surface area contributed by atoms with E-state index in [0.29, 0.717) is 23.1 Å². The van der Waals surface area contributed by atoms with Crippen LogP contribution in [-0.4, -0.2) is 14.3 Å². The van der Waals surface area contributed by atoms with Gasteiger partial charge in [0.2, 0.25) is 0 Å². The first-order valence-corrected chi connectivity index (χ1v) is 11.6.